The Bertz CT molecular complexity index is 635. The van der Waals surface area contributed by atoms with Gasteiger partial charge in [-0.25, -0.2) is 4.39 Å². The minimum atomic E-state index is -2.55. The molecular weight excluding hydrogens is 331 g/mol. The molecule has 0 aliphatic rings. The van der Waals surface area contributed by atoms with E-state index in [0.29, 0.717) is 22.3 Å². The summed E-state index contributed by atoms with van der Waals surface area (Å²) in [5, 5.41) is 2.61. The number of thioether (sulfide) groups is 2. The number of hydrogen-bond acceptors (Lipinski definition) is 3. The van der Waals surface area contributed by atoms with E-state index in [1.807, 2.05) is 0 Å². The third-order valence-corrected chi connectivity index (χ3v) is 4.36. The molecule has 0 saturated heterocycles. The highest BCUT2D eigenvalue weighted by atomic mass is 32.2. The Labute approximate surface area is 134 Å². The highest BCUT2D eigenvalue weighted by molar-refractivity contribution is 8.00. The number of amides is 1. The largest absolute Gasteiger partial charge is 0.324 e. The molecule has 0 radical (unpaired) electrons. The maximum absolute atomic E-state index is 12.8. The third-order valence-electron chi connectivity index (χ3n) is 2.56. The van der Waals surface area contributed by atoms with Gasteiger partial charge in [-0.15, -0.1) is 11.8 Å². The van der Waals surface area contributed by atoms with Gasteiger partial charge in [0.1, 0.15) is 5.82 Å². The molecule has 0 aromatic heterocycles. The first-order chi connectivity index (χ1) is 10.5. The number of carbonyl (C=O) groups excluding carboxylic acids is 1. The van der Waals surface area contributed by atoms with Crippen LogP contribution in [0.5, 0.6) is 0 Å². The van der Waals surface area contributed by atoms with Crippen molar-refractivity contribution in [2.24, 2.45) is 0 Å². The number of nitrogens with one attached hydrogen (secondary N) is 1. The standard InChI is InChI=1S/C15H12F3NOS2/c16-10-5-7-11(8-6-10)21-9-14(20)19-12-3-1-2-4-13(12)22-15(17)18/h1-8,15H,9H2,(H,19,20). The fourth-order valence-corrected chi connectivity index (χ4v) is 2.93. The van der Waals surface area contributed by atoms with Gasteiger partial charge in [0.05, 0.1) is 11.4 Å². The zero-order chi connectivity index (χ0) is 15.9. The summed E-state index contributed by atoms with van der Waals surface area (Å²) in [7, 11) is 0. The lowest BCUT2D eigenvalue weighted by Gasteiger charge is -2.10. The van der Waals surface area contributed by atoms with Gasteiger partial charge in [0.2, 0.25) is 5.91 Å². The van der Waals surface area contributed by atoms with Crippen LogP contribution in [-0.2, 0) is 4.79 Å². The quantitative estimate of drug-likeness (QED) is 0.759. The van der Waals surface area contributed by atoms with Gasteiger partial charge in [-0.1, -0.05) is 23.9 Å². The summed E-state index contributed by atoms with van der Waals surface area (Å²) in [5.41, 5.74) is 0.359. The molecule has 0 heterocycles. The average molecular weight is 343 g/mol. The fourth-order valence-electron chi connectivity index (χ4n) is 1.63. The number of anilines is 1. The van der Waals surface area contributed by atoms with Crippen LogP contribution in [0.4, 0.5) is 18.9 Å². The Morgan fingerprint density at radius 1 is 1.09 bits per heavy atom. The topological polar surface area (TPSA) is 29.1 Å². The highest BCUT2D eigenvalue weighted by Crippen LogP contribution is 2.31. The van der Waals surface area contributed by atoms with Crippen LogP contribution in [0.1, 0.15) is 0 Å². The van der Waals surface area contributed by atoms with Crippen LogP contribution < -0.4 is 5.32 Å². The normalized spacial score (nSPS) is 10.7. The van der Waals surface area contributed by atoms with Crippen LogP contribution in [-0.4, -0.2) is 17.4 Å². The number of alkyl halides is 2. The lowest BCUT2D eigenvalue weighted by Crippen LogP contribution is -2.14. The van der Waals surface area contributed by atoms with Crippen molar-refractivity contribution in [3.63, 3.8) is 0 Å². The van der Waals surface area contributed by atoms with E-state index in [1.165, 1.54) is 30.0 Å². The van der Waals surface area contributed by atoms with Gasteiger partial charge in [-0.05, 0) is 36.4 Å². The average Bonchev–Trinajstić information content (AvgIpc) is 2.48. The highest BCUT2D eigenvalue weighted by Gasteiger charge is 2.11. The molecular formula is C15H12F3NOS2. The number of hydrogen-bond donors (Lipinski definition) is 1. The van der Waals surface area contributed by atoms with Gasteiger partial charge in [-0.3, -0.25) is 4.79 Å². The van der Waals surface area contributed by atoms with Gasteiger partial charge in [0.15, 0.2) is 0 Å². The number of rotatable bonds is 6. The van der Waals surface area contributed by atoms with Gasteiger partial charge < -0.3 is 5.32 Å². The molecule has 0 aliphatic heterocycles. The summed E-state index contributed by atoms with van der Waals surface area (Å²) >= 11 is 1.63. The Balaban J connectivity index is 1.93. The van der Waals surface area contributed by atoms with Gasteiger partial charge in [0, 0.05) is 9.79 Å². The van der Waals surface area contributed by atoms with Crippen molar-refractivity contribution in [1.29, 1.82) is 0 Å². The van der Waals surface area contributed by atoms with Gasteiger partial charge >= 0.3 is 0 Å². The van der Waals surface area contributed by atoms with E-state index in [-0.39, 0.29) is 17.5 Å². The smallest absolute Gasteiger partial charge is 0.288 e. The lowest BCUT2D eigenvalue weighted by molar-refractivity contribution is -0.113. The first-order valence-electron chi connectivity index (χ1n) is 6.26. The molecule has 0 fully saturated rings. The number of carbonyl (C=O) groups is 1. The molecule has 0 spiro atoms. The number of benzene rings is 2. The molecule has 116 valence electrons. The van der Waals surface area contributed by atoms with E-state index >= 15 is 0 Å². The van der Waals surface area contributed by atoms with Crippen molar-refractivity contribution >= 4 is 35.1 Å². The minimum absolute atomic E-state index is 0.110. The van der Waals surface area contributed by atoms with Crippen molar-refractivity contribution in [3.05, 3.63) is 54.3 Å². The van der Waals surface area contributed by atoms with Crippen molar-refractivity contribution in [2.75, 3.05) is 11.1 Å². The monoisotopic (exact) mass is 343 g/mol. The molecule has 1 amide bonds. The summed E-state index contributed by atoms with van der Waals surface area (Å²) in [6.45, 7) is 0. The first-order valence-corrected chi connectivity index (χ1v) is 8.13. The van der Waals surface area contributed by atoms with E-state index < -0.39 is 5.76 Å². The maximum atomic E-state index is 12.8. The SMILES string of the molecule is O=C(CSc1ccc(F)cc1)Nc1ccccc1SC(F)F. The Morgan fingerprint density at radius 3 is 2.45 bits per heavy atom. The Kier molecular flexibility index (Phi) is 6.21. The molecule has 0 bridgehead atoms. The molecule has 0 unspecified atom stereocenters. The van der Waals surface area contributed by atoms with E-state index in [4.69, 9.17) is 0 Å². The van der Waals surface area contributed by atoms with Crippen LogP contribution in [0.2, 0.25) is 0 Å². The Morgan fingerprint density at radius 2 is 1.77 bits per heavy atom. The van der Waals surface area contributed by atoms with Crippen molar-refractivity contribution in [3.8, 4) is 0 Å². The van der Waals surface area contributed by atoms with E-state index in [1.54, 1.807) is 30.3 Å². The molecule has 2 aromatic carbocycles. The molecule has 1 N–H and O–H groups in total. The van der Waals surface area contributed by atoms with E-state index in [9.17, 15) is 18.0 Å². The van der Waals surface area contributed by atoms with Crippen LogP contribution in [0.15, 0.2) is 58.3 Å². The summed E-state index contributed by atoms with van der Waals surface area (Å²) < 4.78 is 37.7. The number of para-hydroxylation sites is 1. The zero-order valence-corrected chi connectivity index (χ0v) is 12.9. The van der Waals surface area contributed by atoms with E-state index in [0.717, 1.165) is 4.90 Å². The summed E-state index contributed by atoms with van der Waals surface area (Å²) in [6.07, 6.45) is 0. The third kappa shape index (κ3) is 5.31. The lowest BCUT2D eigenvalue weighted by atomic mass is 10.3. The maximum Gasteiger partial charge on any atom is 0.288 e. The predicted molar refractivity (Wildman–Crippen MR) is 84.1 cm³/mol. The summed E-state index contributed by atoms with van der Waals surface area (Å²) in [4.78, 5) is 13.0. The zero-order valence-electron chi connectivity index (χ0n) is 11.3. The van der Waals surface area contributed by atoms with Gasteiger partial charge in [-0.2, -0.15) is 8.78 Å². The molecule has 2 aromatic rings. The minimum Gasteiger partial charge on any atom is -0.324 e. The molecule has 22 heavy (non-hydrogen) atoms. The second kappa shape index (κ2) is 8.14. The molecule has 2 rings (SSSR count). The van der Waals surface area contributed by atoms with Crippen LogP contribution in [0.3, 0.4) is 0 Å². The molecule has 2 nitrogen and oxygen atoms in total. The molecule has 7 heteroatoms. The Hall–Kier alpha value is -1.60. The predicted octanol–water partition coefficient (Wildman–Crippen LogP) is 4.87. The van der Waals surface area contributed by atoms with Crippen molar-refractivity contribution in [1.82, 2.24) is 0 Å². The number of halogens is 3. The van der Waals surface area contributed by atoms with Crippen molar-refractivity contribution < 1.29 is 18.0 Å². The van der Waals surface area contributed by atoms with Crippen molar-refractivity contribution in [2.45, 2.75) is 15.5 Å². The first kappa shape index (κ1) is 16.8. The molecule has 0 aliphatic carbocycles. The van der Waals surface area contributed by atoms with Gasteiger partial charge in [0.25, 0.3) is 5.76 Å². The molecule has 0 saturated carbocycles. The van der Waals surface area contributed by atoms with Crippen LogP contribution in [0, 0.1) is 5.82 Å². The second-order valence-corrected chi connectivity index (χ2v) is 6.25. The van der Waals surface area contributed by atoms with Crippen LogP contribution in [0.25, 0.3) is 0 Å². The van der Waals surface area contributed by atoms with Crippen LogP contribution >= 0.6 is 23.5 Å². The van der Waals surface area contributed by atoms with E-state index in [2.05, 4.69) is 5.32 Å². The fraction of sp³-hybridized carbons (Fsp3) is 0.133. The molecule has 0 atom stereocenters. The summed E-state index contributed by atoms with van der Waals surface area (Å²) in [5.74, 6) is -3.09. The second-order valence-electron chi connectivity index (χ2n) is 4.17. The summed E-state index contributed by atoms with van der Waals surface area (Å²) in [6, 6.07) is 12.2.